The summed E-state index contributed by atoms with van der Waals surface area (Å²) < 4.78 is 8.02. The van der Waals surface area contributed by atoms with Crippen LogP contribution in [0.15, 0.2) is 48.7 Å². The van der Waals surface area contributed by atoms with Crippen molar-refractivity contribution in [2.45, 2.75) is 51.0 Å². The Morgan fingerprint density at radius 3 is 2.41 bits per heavy atom. The molecule has 0 bridgehead atoms. The number of aromatic nitrogens is 2. The fraction of sp³-hybridized carbons (Fsp3) is 0.467. The minimum Gasteiger partial charge on any atom is -0.492 e. The summed E-state index contributed by atoms with van der Waals surface area (Å²) in [6, 6.07) is 12.8. The van der Waals surface area contributed by atoms with Crippen LogP contribution in [0, 0.1) is 6.92 Å². The third kappa shape index (κ3) is 7.10. The normalized spacial score (nSPS) is 17.5. The highest BCUT2D eigenvalue weighted by atomic mass is 35.5. The molecule has 1 unspecified atom stereocenters. The number of hydrogen-bond acceptors (Lipinski definition) is 4. The molecule has 3 aromatic rings. The van der Waals surface area contributed by atoms with E-state index in [-0.39, 0.29) is 5.91 Å². The zero-order chi connectivity index (χ0) is 27.4. The second kappa shape index (κ2) is 12.9. The average molecular weight is 590 g/mol. The Labute approximate surface area is 245 Å². The third-order valence-corrected chi connectivity index (χ3v) is 8.68. The molecule has 2 aliphatic rings. The van der Waals surface area contributed by atoms with Crippen molar-refractivity contribution in [2.75, 3.05) is 39.3 Å². The molecule has 6 nitrogen and oxygen atoms in total. The van der Waals surface area contributed by atoms with Gasteiger partial charge in [-0.15, -0.1) is 0 Å². The molecule has 0 saturated carbocycles. The molecule has 1 atom stereocenters. The SMILES string of the molecule is Cc1ccn(C(Cc2ccc(Cl)cc2Cl)C(=O)N2CCC(c3ccc(Cl)cc3OCCN3CCCC3)CC2)n1. The van der Waals surface area contributed by atoms with Gasteiger partial charge in [0.2, 0.25) is 5.91 Å². The molecule has 9 heteroatoms. The molecule has 0 N–H and O–H groups in total. The number of halogens is 3. The summed E-state index contributed by atoms with van der Waals surface area (Å²) in [5.74, 6) is 1.23. The summed E-state index contributed by atoms with van der Waals surface area (Å²) in [6.07, 6.45) is 6.58. The molecular weight excluding hydrogens is 555 g/mol. The Morgan fingerprint density at radius 2 is 1.72 bits per heavy atom. The van der Waals surface area contributed by atoms with Gasteiger partial charge in [-0.25, -0.2) is 0 Å². The van der Waals surface area contributed by atoms with Crippen LogP contribution in [-0.2, 0) is 11.2 Å². The summed E-state index contributed by atoms with van der Waals surface area (Å²) in [5, 5.41) is 6.39. The number of aryl methyl sites for hydroxylation is 1. The maximum Gasteiger partial charge on any atom is 0.247 e. The van der Waals surface area contributed by atoms with Crippen molar-refractivity contribution in [2.24, 2.45) is 0 Å². The monoisotopic (exact) mass is 588 g/mol. The maximum absolute atomic E-state index is 13.9. The second-order valence-corrected chi connectivity index (χ2v) is 11.9. The van der Waals surface area contributed by atoms with Crippen LogP contribution in [0.5, 0.6) is 5.75 Å². The van der Waals surface area contributed by atoms with Gasteiger partial charge in [-0.05, 0) is 93.1 Å². The fourth-order valence-electron chi connectivity index (χ4n) is 5.68. The third-order valence-electron chi connectivity index (χ3n) is 7.86. The first-order chi connectivity index (χ1) is 18.9. The van der Waals surface area contributed by atoms with Gasteiger partial charge in [0.1, 0.15) is 18.4 Å². The van der Waals surface area contributed by atoms with Crippen molar-refractivity contribution in [3.8, 4) is 5.75 Å². The Kier molecular flexibility index (Phi) is 9.39. The molecule has 39 heavy (non-hydrogen) atoms. The summed E-state index contributed by atoms with van der Waals surface area (Å²) in [5.41, 5.74) is 2.92. The number of nitrogens with zero attached hydrogens (tertiary/aromatic N) is 4. The van der Waals surface area contributed by atoms with Crippen LogP contribution in [0.4, 0.5) is 0 Å². The number of piperidine rings is 1. The van der Waals surface area contributed by atoms with E-state index in [1.807, 2.05) is 42.3 Å². The first kappa shape index (κ1) is 28.3. The van der Waals surface area contributed by atoms with Crippen LogP contribution < -0.4 is 4.74 Å². The molecule has 5 rings (SSSR count). The topological polar surface area (TPSA) is 50.6 Å². The number of likely N-dealkylation sites (tertiary alicyclic amines) is 2. The van der Waals surface area contributed by atoms with Gasteiger partial charge in [-0.3, -0.25) is 14.4 Å². The Morgan fingerprint density at radius 1 is 1.00 bits per heavy atom. The van der Waals surface area contributed by atoms with Crippen LogP contribution in [-0.4, -0.2) is 64.8 Å². The van der Waals surface area contributed by atoms with Crippen LogP contribution in [0.25, 0.3) is 0 Å². The van der Waals surface area contributed by atoms with Crippen molar-refractivity contribution in [1.82, 2.24) is 19.6 Å². The highest BCUT2D eigenvalue weighted by Crippen LogP contribution is 2.37. The van der Waals surface area contributed by atoms with Crippen molar-refractivity contribution in [3.05, 3.63) is 80.6 Å². The lowest BCUT2D eigenvalue weighted by molar-refractivity contribution is -0.136. The molecule has 0 radical (unpaired) electrons. The van der Waals surface area contributed by atoms with Gasteiger partial charge < -0.3 is 9.64 Å². The number of ether oxygens (including phenoxy) is 1. The fourth-order valence-corrected chi connectivity index (χ4v) is 6.33. The Balaban J connectivity index is 1.26. The number of amides is 1. The van der Waals surface area contributed by atoms with Crippen LogP contribution in [0.1, 0.15) is 54.5 Å². The maximum atomic E-state index is 13.9. The number of carbonyl (C=O) groups is 1. The van der Waals surface area contributed by atoms with Crippen molar-refractivity contribution >= 4 is 40.7 Å². The lowest BCUT2D eigenvalue weighted by Crippen LogP contribution is -2.43. The van der Waals surface area contributed by atoms with E-state index in [4.69, 9.17) is 39.5 Å². The van der Waals surface area contributed by atoms with E-state index in [0.29, 0.717) is 47.1 Å². The molecule has 2 fully saturated rings. The molecule has 2 aromatic carbocycles. The van der Waals surface area contributed by atoms with Gasteiger partial charge in [-0.1, -0.05) is 46.9 Å². The van der Waals surface area contributed by atoms with E-state index >= 15 is 0 Å². The Bertz CT molecular complexity index is 1280. The number of hydrogen-bond donors (Lipinski definition) is 0. The first-order valence-corrected chi connectivity index (χ1v) is 14.9. The molecule has 3 heterocycles. The van der Waals surface area contributed by atoms with Gasteiger partial charge >= 0.3 is 0 Å². The summed E-state index contributed by atoms with van der Waals surface area (Å²) in [6.45, 7) is 7.17. The van der Waals surface area contributed by atoms with Crippen molar-refractivity contribution in [1.29, 1.82) is 0 Å². The minimum absolute atomic E-state index is 0.0563. The molecule has 1 amide bonds. The van der Waals surface area contributed by atoms with Crippen molar-refractivity contribution < 1.29 is 9.53 Å². The predicted octanol–water partition coefficient (Wildman–Crippen LogP) is 6.82. The van der Waals surface area contributed by atoms with Crippen LogP contribution >= 0.6 is 34.8 Å². The van der Waals surface area contributed by atoms with E-state index in [2.05, 4.69) is 16.1 Å². The first-order valence-electron chi connectivity index (χ1n) is 13.8. The van der Waals surface area contributed by atoms with Gasteiger partial charge in [0, 0.05) is 47.3 Å². The standard InChI is InChI=1S/C30H35Cl3N4O2/c1-21-8-15-37(34-21)28(18-23-4-5-24(31)19-27(23)33)30(38)36-13-9-22(10-14-36)26-7-6-25(32)20-29(26)39-17-16-35-11-2-3-12-35/h4-8,15,19-20,22,28H,2-3,9-14,16-18H2,1H3. The summed E-state index contributed by atoms with van der Waals surface area (Å²) in [4.78, 5) is 18.3. The van der Waals surface area contributed by atoms with Gasteiger partial charge in [-0.2, -0.15) is 5.10 Å². The molecule has 0 aliphatic carbocycles. The smallest absolute Gasteiger partial charge is 0.247 e. The highest BCUT2D eigenvalue weighted by Gasteiger charge is 2.32. The summed E-state index contributed by atoms with van der Waals surface area (Å²) >= 11 is 18.9. The largest absolute Gasteiger partial charge is 0.492 e. The molecule has 0 spiro atoms. The van der Waals surface area contributed by atoms with Gasteiger partial charge in [0.05, 0.1) is 5.69 Å². The summed E-state index contributed by atoms with van der Waals surface area (Å²) in [7, 11) is 0. The number of carbonyl (C=O) groups excluding carboxylic acids is 1. The van der Waals surface area contributed by atoms with E-state index in [9.17, 15) is 4.79 Å². The molecular formula is C30H35Cl3N4O2. The predicted molar refractivity (Wildman–Crippen MR) is 157 cm³/mol. The molecule has 208 valence electrons. The van der Waals surface area contributed by atoms with Gasteiger partial charge in [0.15, 0.2) is 0 Å². The van der Waals surface area contributed by atoms with Crippen molar-refractivity contribution in [3.63, 3.8) is 0 Å². The lowest BCUT2D eigenvalue weighted by Gasteiger charge is -2.35. The molecule has 2 aliphatic heterocycles. The van der Waals surface area contributed by atoms with E-state index in [1.54, 1.807) is 16.8 Å². The quantitative estimate of drug-likeness (QED) is 0.275. The zero-order valence-corrected chi connectivity index (χ0v) is 24.6. The lowest BCUT2D eigenvalue weighted by atomic mass is 9.88. The minimum atomic E-state index is -0.478. The van der Waals surface area contributed by atoms with Gasteiger partial charge in [0.25, 0.3) is 0 Å². The highest BCUT2D eigenvalue weighted by molar-refractivity contribution is 6.35. The second-order valence-electron chi connectivity index (χ2n) is 10.6. The van der Waals surface area contributed by atoms with Crippen LogP contribution in [0.3, 0.4) is 0 Å². The zero-order valence-electron chi connectivity index (χ0n) is 22.3. The van der Waals surface area contributed by atoms with E-state index in [1.165, 1.54) is 18.4 Å². The average Bonchev–Trinajstić information content (AvgIpc) is 3.60. The number of benzene rings is 2. The molecule has 2 saturated heterocycles. The number of rotatable bonds is 9. The van der Waals surface area contributed by atoms with E-state index < -0.39 is 6.04 Å². The molecule has 1 aromatic heterocycles. The Hall–Kier alpha value is -2.25. The van der Waals surface area contributed by atoms with E-state index in [0.717, 1.165) is 49.5 Å². The van der Waals surface area contributed by atoms with Crippen LogP contribution in [0.2, 0.25) is 15.1 Å².